The van der Waals surface area contributed by atoms with Gasteiger partial charge in [0.05, 0.1) is 0 Å². The van der Waals surface area contributed by atoms with Crippen LogP contribution >= 0.6 is 0 Å². The maximum Gasteiger partial charge on any atom is 0.0373 e. The number of hydrogen-bond donors (Lipinski definition) is 2. The standard InChI is InChI=1S/C14H22N2/c1-5-11-13-7-12(13)10(6-14(11)15-4)8-16-9(2)3/h5-6,9,12-13,15-16H,1,7-8H2,2-4H3. The summed E-state index contributed by atoms with van der Waals surface area (Å²) in [4.78, 5) is 0. The normalized spacial score (nSPS) is 27.6. The van der Waals surface area contributed by atoms with Crippen molar-refractivity contribution >= 4 is 0 Å². The lowest BCUT2D eigenvalue weighted by Crippen LogP contribution is -2.27. The molecule has 0 spiro atoms. The Labute approximate surface area is 98.5 Å². The van der Waals surface area contributed by atoms with Crippen LogP contribution in [-0.4, -0.2) is 19.6 Å². The van der Waals surface area contributed by atoms with Gasteiger partial charge < -0.3 is 10.6 Å². The largest absolute Gasteiger partial charge is 0.388 e. The zero-order valence-corrected chi connectivity index (χ0v) is 10.5. The second-order valence-electron chi connectivity index (χ2n) is 5.03. The highest BCUT2D eigenvalue weighted by Crippen LogP contribution is 2.52. The minimum absolute atomic E-state index is 0.556. The van der Waals surface area contributed by atoms with E-state index in [0.717, 1.165) is 18.4 Å². The van der Waals surface area contributed by atoms with Crippen molar-refractivity contribution in [1.82, 2.24) is 10.6 Å². The third-order valence-electron chi connectivity index (χ3n) is 3.51. The summed E-state index contributed by atoms with van der Waals surface area (Å²) in [6, 6.07) is 0.556. The first kappa shape index (κ1) is 11.5. The SMILES string of the molecule is C=CC1=C(NC)C=C(CNC(C)C)C2CC12. The van der Waals surface area contributed by atoms with Gasteiger partial charge >= 0.3 is 0 Å². The van der Waals surface area contributed by atoms with E-state index in [-0.39, 0.29) is 0 Å². The number of likely N-dealkylation sites (N-methyl/N-ethyl adjacent to an activating group) is 1. The Bertz CT molecular complexity index is 350. The Morgan fingerprint density at radius 2 is 2.25 bits per heavy atom. The summed E-state index contributed by atoms with van der Waals surface area (Å²) in [7, 11) is 1.99. The van der Waals surface area contributed by atoms with E-state index in [1.165, 1.54) is 17.7 Å². The molecule has 2 heteroatoms. The van der Waals surface area contributed by atoms with E-state index in [1.807, 2.05) is 13.1 Å². The van der Waals surface area contributed by atoms with Crippen LogP contribution < -0.4 is 10.6 Å². The lowest BCUT2D eigenvalue weighted by Gasteiger charge is -2.19. The second kappa shape index (κ2) is 4.46. The van der Waals surface area contributed by atoms with Gasteiger partial charge in [0.1, 0.15) is 0 Å². The molecule has 88 valence electrons. The van der Waals surface area contributed by atoms with Gasteiger partial charge in [0.2, 0.25) is 0 Å². The lowest BCUT2D eigenvalue weighted by molar-refractivity contribution is 0.603. The summed E-state index contributed by atoms with van der Waals surface area (Å²) in [5, 5.41) is 6.79. The molecule has 2 aliphatic carbocycles. The van der Waals surface area contributed by atoms with Gasteiger partial charge in [0.25, 0.3) is 0 Å². The lowest BCUT2D eigenvalue weighted by atomic mass is 9.95. The number of allylic oxidation sites excluding steroid dienone is 3. The van der Waals surface area contributed by atoms with Crippen LogP contribution in [0.1, 0.15) is 20.3 Å². The van der Waals surface area contributed by atoms with Gasteiger partial charge in [-0.15, -0.1) is 0 Å². The smallest absolute Gasteiger partial charge is 0.0373 e. The fourth-order valence-electron chi connectivity index (χ4n) is 2.51. The Morgan fingerprint density at radius 1 is 1.50 bits per heavy atom. The molecule has 2 nitrogen and oxygen atoms in total. The molecule has 2 atom stereocenters. The molecule has 2 unspecified atom stereocenters. The summed E-state index contributed by atoms with van der Waals surface area (Å²) in [5.74, 6) is 1.50. The number of nitrogens with one attached hydrogen (secondary N) is 2. The summed E-state index contributed by atoms with van der Waals surface area (Å²) in [5.41, 5.74) is 4.21. The predicted octanol–water partition coefficient (Wildman–Crippen LogP) is 2.22. The number of hydrogen-bond acceptors (Lipinski definition) is 2. The van der Waals surface area contributed by atoms with Crippen molar-refractivity contribution < 1.29 is 0 Å². The van der Waals surface area contributed by atoms with Crippen LogP contribution in [0.15, 0.2) is 35.6 Å². The maximum absolute atomic E-state index is 3.92. The van der Waals surface area contributed by atoms with Crippen molar-refractivity contribution in [3.8, 4) is 0 Å². The molecule has 0 bridgehead atoms. The van der Waals surface area contributed by atoms with E-state index in [9.17, 15) is 0 Å². The van der Waals surface area contributed by atoms with Crippen LogP contribution in [0.25, 0.3) is 0 Å². The monoisotopic (exact) mass is 218 g/mol. The van der Waals surface area contributed by atoms with Crippen LogP contribution in [0.2, 0.25) is 0 Å². The minimum Gasteiger partial charge on any atom is -0.388 e. The predicted molar refractivity (Wildman–Crippen MR) is 69.1 cm³/mol. The molecule has 16 heavy (non-hydrogen) atoms. The minimum atomic E-state index is 0.556. The molecule has 2 N–H and O–H groups in total. The van der Waals surface area contributed by atoms with E-state index in [1.54, 1.807) is 5.57 Å². The quantitative estimate of drug-likeness (QED) is 0.739. The summed E-state index contributed by atoms with van der Waals surface area (Å²) in [6.45, 7) is 9.32. The van der Waals surface area contributed by atoms with E-state index in [2.05, 4.69) is 37.1 Å². The van der Waals surface area contributed by atoms with Crippen molar-refractivity contribution in [2.45, 2.75) is 26.3 Å². The van der Waals surface area contributed by atoms with E-state index < -0.39 is 0 Å². The van der Waals surface area contributed by atoms with Crippen LogP contribution in [0, 0.1) is 11.8 Å². The fourth-order valence-corrected chi connectivity index (χ4v) is 2.51. The molecule has 0 heterocycles. The topological polar surface area (TPSA) is 24.1 Å². The second-order valence-corrected chi connectivity index (χ2v) is 5.03. The average molecular weight is 218 g/mol. The maximum atomic E-state index is 3.92. The third kappa shape index (κ3) is 2.07. The highest BCUT2D eigenvalue weighted by Gasteiger charge is 2.44. The Hall–Kier alpha value is -1.02. The zero-order chi connectivity index (χ0) is 11.7. The van der Waals surface area contributed by atoms with Gasteiger partial charge in [-0.25, -0.2) is 0 Å². The Kier molecular flexibility index (Phi) is 3.20. The van der Waals surface area contributed by atoms with Crippen LogP contribution in [-0.2, 0) is 0 Å². The van der Waals surface area contributed by atoms with Gasteiger partial charge in [-0.3, -0.25) is 0 Å². The van der Waals surface area contributed by atoms with Crippen LogP contribution in [0.3, 0.4) is 0 Å². The number of rotatable bonds is 5. The first-order chi connectivity index (χ1) is 7.67. The molecule has 0 radical (unpaired) electrons. The highest BCUT2D eigenvalue weighted by molar-refractivity contribution is 5.46. The first-order valence-corrected chi connectivity index (χ1v) is 6.15. The number of fused-ring (bicyclic) bond motifs is 1. The van der Waals surface area contributed by atoms with E-state index in [0.29, 0.717) is 6.04 Å². The molecule has 0 aromatic heterocycles. The Balaban J connectivity index is 2.13. The fraction of sp³-hybridized carbons (Fsp3) is 0.571. The van der Waals surface area contributed by atoms with Gasteiger partial charge in [0, 0.05) is 25.3 Å². The summed E-state index contributed by atoms with van der Waals surface area (Å²) < 4.78 is 0. The highest BCUT2D eigenvalue weighted by atomic mass is 14.9. The molecular weight excluding hydrogens is 196 g/mol. The van der Waals surface area contributed by atoms with Crippen molar-refractivity contribution in [2.75, 3.05) is 13.6 Å². The van der Waals surface area contributed by atoms with Gasteiger partial charge in [-0.1, -0.05) is 32.1 Å². The summed E-state index contributed by atoms with van der Waals surface area (Å²) in [6.07, 6.45) is 5.62. The van der Waals surface area contributed by atoms with Gasteiger partial charge in [-0.2, -0.15) is 0 Å². The Morgan fingerprint density at radius 3 is 2.81 bits per heavy atom. The van der Waals surface area contributed by atoms with E-state index in [4.69, 9.17) is 0 Å². The molecule has 0 aromatic rings. The van der Waals surface area contributed by atoms with Gasteiger partial charge in [-0.05, 0) is 29.9 Å². The zero-order valence-electron chi connectivity index (χ0n) is 10.5. The average Bonchev–Trinajstić information content (AvgIpc) is 3.04. The van der Waals surface area contributed by atoms with Crippen molar-refractivity contribution in [1.29, 1.82) is 0 Å². The molecular formula is C14H22N2. The van der Waals surface area contributed by atoms with Crippen molar-refractivity contribution in [2.24, 2.45) is 11.8 Å². The van der Waals surface area contributed by atoms with Gasteiger partial charge in [0.15, 0.2) is 0 Å². The molecule has 2 rings (SSSR count). The molecule has 1 fully saturated rings. The molecule has 0 amide bonds. The summed E-state index contributed by atoms with van der Waals surface area (Å²) >= 11 is 0. The van der Waals surface area contributed by atoms with Crippen LogP contribution in [0.5, 0.6) is 0 Å². The molecule has 0 aliphatic heterocycles. The molecule has 0 saturated heterocycles. The third-order valence-corrected chi connectivity index (χ3v) is 3.51. The van der Waals surface area contributed by atoms with E-state index >= 15 is 0 Å². The van der Waals surface area contributed by atoms with Crippen molar-refractivity contribution in [3.63, 3.8) is 0 Å². The molecule has 0 aromatic carbocycles. The molecule has 1 saturated carbocycles. The first-order valence-electron chi connectivity index (χ1n) is 6.15. The van der Waals surface area contributed by atoms with Crippen LogP contribution in [0.4, 0.5) is 0 Å². The molecule has 2 aliphatic rings. The van der Waals surface area contributed by atoms with Crippen molar-refractivity contribution in [3.05, 3.63) is 35.6 Å².